The van der Waals surface area contributed by atoms with Crippen LogP contribution in [0.25, 0.3) is 10.2 Å². The molecule has 2 aromatic rings. The molecule has 0 N–H and O–H groups in total. The van der Waals surface area contributed by atoms with Gasteiger partial charge in [-0.2, -0.15) is 4.99 Å². The van der Waals surface area contributed by atoms with E-state index in [9.17, 15) is 9.59 Å². The van der Waals surface area contributed by atoms with Crippen LogP contribution in [-0.2, 0) is 20.9 Å². The van der Waals surface area contributed by atoms with Crippen LogP contribution in [0.3, 0.4) is 0 Å². The summed E-state index contributed by atoms with van der Waals surface area (Å²) < 4.78 is 8.45. The third kappa shape index (κ3) is 6.31. The van der Waals surface area contributed by atoms with Crippen LogP contribution in [-0.4, -0.2) is 59.1 Å². The van der Waals surface area contributed by atoms with Gasteiger partial charge in [0.05, 0.1) is 28.3 Å². The lowest BCUT2D eigenvalue weighted by atomic mass is 10.1. The highest BCUT2D eigenvalue weighted by molar-refractivity contribution is 8.00. The molecule has 0 saturated carbocycles. The molecule has 0 spiro atoms. The maximum atomic E-state index is 12.4. The highest BCUT2D eigenvalue weighted by Gasteiger charge is 2.16. The fourth-order valence-electron chi connectivity index (χ4n) is 3.25. The number of halogens is 1. The van der Waals surface area contributed by atoms with Crippen molar-refractivity contribution in [3.63, 3.8) is 0 Å². The molecule has 0 unspecified atom stereocenters. The molecule has 0 atom stereocenters. The zero-order valence-electron chi connectivity index (χ0n) is 16.6. The Morgan fingerprint density at radius 3 is 2.79 bits per heavy atom. The number of thioether (sulfide) groups is 1. The number of hydrogen-bond acceptors (Lipinski definition) is 5. The summed E-state index contributed by atoms with van der Waals surface area (Å²) >= 11 is 8.88. The molecule has 6 nitrogen and oxygen atoms in total. The Bertz CT molecular complexity index is 919. The van der Waals surface area contributed by atoms with Crippen molar-refractivity contribution in [2.24, 2.45) is 4.99 Å². The van der Waals surface area contributed by atoms with Gasteiger partial charge in [-0.1, -0.05) is 22.9 Å². The molecule has 3 rings (SSSR count). The number of nitrogens with zero attached hydrogens (tertiary/aromatic N) is 3. The molecular formula is C20H26ClN3O3S2. The number of thiazole rings is 1. The van der Waals surface area contributed by atoms with E-state index in [4.69, 9.17) is 16.3 Å². The maximum absolute atomic E-state index is 12.4. The second kappa shape index (κ2) is 11.2. The highest BCUT2D eigenvalue weighted by Crippen LogP contribution is 2.22. The number of benzene rings is 1. The zero-order valence-corrected chi connectivity index (χ0v) is 19.0. The molecule has 1 aliphatic heterocycles. The Balaban J connectivity index is 1.66. The number of carbonyl (C=O) groups excluding carboxylic acids is 2. The molecule has 1 aliphatic rings. The normalized spacial score (nSPS) is 15.2. The predicted molar refractivity (Wildman–Crippen MR) is 120 cm³/mol. The fourth-order valence-corrected chi connectivity index (χ4v) is 5.30. The number of aromatic nitrogens is 1. The largest absolute Gasteiger partial charge is 0.380 e. The molecule has 0 radical (unpaired) electrons. The summed E-state index contributed by atoms with van der Waals surface area (Å²) in [6.07, 6.45) is 3.34. The Morgan fingerprint density at radius 2 is 2.03 bits per heavy atom. The van der Waals surface area contributed by atoms with Gasteiger partial charge < -0.3 is 14.2 Å². The minimum Gasteiger partial charge on any atom is -0.380 e. The van der Waals surface area contributed by atoms with Crippen LogP contribution in [0.15, 0.2) is 23.2 Å². The summed E-state index contributed by atoms with van der Waals surface area (Å²) in [6.45, 7) is 5.42. The number of amides is 2. The first-order chi connectivity index (χ1) is 14.1. The van der Waals surface area contributed by atoms with E-state index in [0.717, 1.165) is 36.1 Å². The Kier molecular flexibility index (Phi) is 8.59. The summed E-state index contributed by atoms with van der Waals surface area (Å²) in [6, 6.07) is 5.66. The van der Waals surface area contributed by atoms with Crippen LogP contribution in [0.5, 0.6) is 0 Å². The molecule has 0 aliphatic carbocycles. The molecular weight excluding hydrogens is 430 g/mol. The van der Waals surface area contributed by atoms with Gasteiger partial charge in [0.2, 0.25) is 5.91 Å². The number of fused-ring (bicyclic) bond motifs is 1. The average Bonchev–Trinajstić information content (AvgIpc) is 3.04. The van der Waals surface area contributed by atoms with Crippen molar-refractivity contribution in [3.05, 3.63) is 28.0 Å². The molecule has 29 heavy (non-hydrogen) atoms. The van der Waals surface area contributed by atoms with Crippen LogP contribution in [0.1, 0.15) is 26.2 Å². The number of carbonyl (C=O) groups is 2. The van der Waals surface area contributed by atoms with Crippen molar-refractivity contribution in [2.75, 3.05) is 37.8 Å². The summed E-state index contributed by atoms with van der Waals surface area (Å²) in [5.74, 6) is 0.406. The quantitative estimate of drug-likeness (QED) is 0.571. The lowest BCUT2D eigenvalue weighted by Gasteiger charge is -2.26. The van der Waals surface area contributed by atoms with E-state index < -0.39 is 0 Å². The molecule has 158 valence electrons. The topological polar surface area (TPSA) is 63.9 Å². The van der Waals surface area contributed by atoms with Gasteiger partial charge in [0, 0.05) is 31.3 Å². The Labute approximate surface area is 183 Å². The fraction of sp³-hybridized carbons (Fsp3) is 0.550. The molecule has 1 fully saturated rings. The van der Waals surface area contributed by atoms with Gasteiger partial charge in [0.15, 0.2) is 4.80 Å². The van der Waals surface area contributed by atoms with Gasteiger partial charge in [-0.15, -0.1) is 11.8 Å². The second-order valence-corrected chi connectivity index (χ2v) is 9.22. The van der Waals surface area contributed by atoms with Crippen LogP contribution in [0, 0.1) is 0 Å². The van der Waals surface area contributed by atoms with Crippen molar-refractivity contribution in [2.45, 2.75) is 32.7 Å². The summed E-state index contributed by atoms with van der Waals surface area (Å²) in [4.78, 5) is 31.5. The number of rotatable bonds is 8. The van der Waals surface area contributed by atoms with Crippen molar-refractivity contribution in [3.8, 4) is 0 Å². The molecule has 2 amide bonds. The van der Waals surface area contributed by atoms with Gasteiger partial charge in [-0.25, -0.2) is 0 Å². The number of hydrogen-bond donors (Lipinski definition) is 0. The van der Waals surface area contributed by atoms with Crippen LogP contribution in [0.4, 0.5) is 0 Å². The summed E-state index contributed by atoms with van der Waals surface area (Å²) in [5, 5.41) is 0.653. The molecule has 9 heteroatoms. The predicted octanol–water partition coefficient (Wildman–Crippen LogP) is 3.57. The monoisotopic (exact) mass is 455 g/mol. The van der Waals surface area contributed by atoms with Crippen molar-refractivity contribution in [1.29, 1.82) is 0 Å². The van der Waals surface area contributed by atoms with Gasteiger partial charge in [0.1, 0.15) is 0 Å². The first kappa shape index (κ1) is 22.3. The summed E-state index contributed by atoms with van der Waals surface area (Å²) in [7, 11) is 0. The first-order valence-corrected chi connectivity index (χ1v) is 12.2. The third-order valence-corrected chi connectivity index (χ3v) is 6.87. The van der Waals surface area contributed by atoms with Gasteiger partial charge in [0.25, 0.3) is 5.91 Å². The van der Waals surface area contributed by atoms with Crippen LogP contribution >= 0.6 is 34.7 Å². The Morgan fingerprint density at radius 1 is 1.24 bits per heavy atom. The minimum atomic E-state index is -0.232. The van der Waals surface area contributed by atoms with Crippen molar-refractivity contribution >= 4 is 56.7 Å². The number of likely N-dealkylation sites (tertiary alicyclic amines) is 1. The Hall–Kier alpha value is -1.35. The van der Waals surface area contributed by atoms with E-state index in [2.05, 4.69) is 4.99 Å². The zero-order chi connectivity index (χ0) is 20.6. The van der Waals surface area contributed by atoms with Gasteiger partial charge >= 0.3 is 0 Å². The van der Waals surface area contributed by atoms with Crippen molar-refractivity contribution < 1.29 is 14.3 Å². The smallest absolute Gasteiger partial charge is 0.258 e. The molecule has 2 heterocycles. The number of piperidine rings is 1. The van der Waals surface area contributed by atoms with Gasteiger partial charge in [-0.3, -0.25) is 9.59 Å². The molecule has 1 aromatic heterocycles. The first-order valence-electron chi connectivity index (χ1n) is 9.88. The highest BCUT2D eigenvalue weighted by atomic mass is 35.5. The van der Waals surface area contributed by atoms with Gasteiger partial charge in [-0.05, 0) is 44.4 Å². The van der Waals surface area contributed by atoms with E-state index in [1.54, 1.807) is 0 Å². The maximum Gasteiger partial charge on any atom is 0.258 e. The van der Waals surface area contributed by atoms with E-state index in [1.165, 1.54) is 29.5 Å². The van der Waals surface area contributed by atoms with E-state index in [-0.39, 0.29) is 17.6 Å². The third-order valence-electron chi connectivity index (χ3n) is 4.69. The van der Waals surface area contributed by atoms with E-state index >= 15 is 0 Å². The van der Waals surface area contributed by atoms with E-state index in [1.807, 2.05) is 34.6 Å². The molecule has 1 saturated heterocycles. The van der Waals surface area contributed by atoms with E-state index in [0.29, 0.717) is 35.3 Å². The molecule has 0 bridgehead atoms. The number of ether oxygens (including phenoxy) is 1. The molecule has 1 aromatic carbocycles. The SMILES string of the molecule is CCOCCn1c(=NC(=O)CSCC(=O)N2CCCCC2)sc2cc(Cl)ccc21. The van der Waals surface area contributed by atoms with Crippen LogP contribution in [0.2, 0.25) is 5.02 Å². The lowest BCUT2D eigenvalue weighted by molar-refractivity contribution is -0.129. The van der Waals surface area contributed by atoms with Crippen molar-refractivity contribution in [1.82, 2.24) is 9.47 Å². The standard InChI is InChI=1S/C20H26ClN3O3S2/c1-2-27-11-10-24-16-7-6-15(21)12-17(16)29-20(24)22-18(25)13-28-14-19(26)23-8-4-3-5-9-23/h6-7,12H,2-5,8-11,13-14H2,1H3. The summed E-state index contributed by atoms with van der Waals surface area (Å²) in [5.41, 5.74) is 0.985. The second-order valence-electron chi connectivity index (χ2n) is 6.79. The minimum absolute atomic E-state index is 0.116. The lowest BCUT2D eigenvalue weighted by Crippen LogP contribution is -2.36. The van der Waals surface area contributed by atoms with Crippen LogP contribution < -0.4 is 4.80 Å². The average molecular weight is 456 g/mol.